The van der Waals surface area contributed by atoms with Gasteiger partial charge in [-0.05, 0) is 19.3 Å². The van der Waals surface area contributed by atoms with Gasteiger partial charge in [-0.15, -0.1) is 0 Å². The van der Waals surface area contributed by atoms with Crippen molar-refractivity contribution in [3.05, 3.63) is 22.0 Å². The topological polar surface area (TPSA) is 72.7 Å². The minimum atomic E-state index is -0.645. The second-order valence-electron chi connectivity index (χ2n) is 3.34. The van der Waals surface area contributed by atoms with E-state index >= 15 is 0 Å². The minimum Gasteiger partial charge on any atom is -0.464 e. The van der Waals surface area contributed by atoms with Crippen molar-refractivity contribution in [2.75, 3.05) is 20.2 Å². The van der Waals surface area contributed by atoms with Crippen LogP contribution < -0.4 is 0 Å². The molecule has 0 bridgehead atoms. The minimum absolute atomic E-state index is 0.0437. The molecule has 1 heterocycles. The van der Waals surface area contributed by atoms with Gasteiger partial charge < -0.3 is 9.64 Å². The van der Waals surface area contributed by atoms with Crippen LogP contribution in [0.1, 0.15) is 19.3 Å². The Kier molecular flexibility index (Phi) is 4.08. The Hall–Kier alpha value is -1.59. The molecule has 6 heteroatoms. The molecule has 1 rings (SSSR count). The van der Waals surface area contributed by atoms with E-state index in [1.807, 2.05) is 0 Å². The Labute approximate surface area is 87.7 Å². The number of nitro groups is 1. The average molecular weight is 214 g/mol. The highest BCUT2D eigenvalue weighted by atomic mass is 16.6. The van der Waals surface area contributed by atoms with Gasteiger partial charge in [-0.2, -0.15) is 0 Å². The molecular weight excluding hydrogens is 200 g/mol. The van der Waals surface area contributed by atoms with Crippen LogP contribution in [-0.4, -0.2) is 36.0 Å². The summed E-state index contributed by atoms with van der Waals surface area (Å²) in [6.07, 6.45) is 3.72. The van der Waals surface area contributed by atoms with Crippen LogP contribution in [0.2, 0.25) is 0 Å². The van der Waals surface area contributed by atoms with E-state index in [4.69, 9.17) is 0 Å². The molecule has 1 fully saturated rings. The number of likely N-dealkylation sites (tertiary alicyclic amines) is 1. The third-order valence-electron chi connectivity index (χ3n) is 2.32. The van der Waals surface area contributed by atoms with Gasteiger partial charge in [0, 0.05) is 13.1 Å². The number of hydrogen-bond donors (Lipinski definition) is 0. The second kappa shape index (κ2) is 5.33. The van der Waals surface area contributed by atoms with E-state index in [9.17, 15) is 14.9 Å². The van der Waals surface area contributed by atoms with E-state index in [2.05, 4.69) is 4.74 Å². The summed E-state index contributed by atoms with van der Waals surface area (Å²) >= 11 is 0. The van der Waals surface area contributed by atoms with Crippen LogP contribution in [0.3, 0.4) is 0 Å². The molecule has 0 amide bonds. The maximum atomic E-state index is 11.3. The molecule has 0 atom stereocenters. The van der Waals surface area contributed by atoms with Crippen molar-refractivity contribution in [1.29, 1.82) is 0 Å². The fourth-order valence-corrected chi connectivity index (χ4v) is 1.60. The first-order valence-electron chi connectivity index (χ1n) is 4.83. The lowest BCUT2D eigenvalue weighted by atomic mass is 10.1. The summed E-state index contributed by atoms with van der Waals surface area (Å²) < 4.78 is 4.51. The van der Waals surface area contributed by atoms with Crippen LogP contribution in [0.4, 0.5) is 0 Å². The van der Waals surface area contributed by atoms with Crippen LogP contribution in [0.5, 0.6) is 0 Å². The molecule has 6 nitrogen and oxygen atoms in total. The van der Waals surface area contributed by atoms with Crippen LogP contribution >= 0.6 is 0 Å². The molecule has 0 saturated carbocycles. The molecule has 0 unspecified atom stereocenters. The molecule has 0 aromatic heterocycles. The molecule has 15 heavy (non-hydrogen) atoms. The van der Waals surface area contributed by atoms with Crippen molar-refractivity contribution in [3.63, 3.8) is 0 Å². The summed E-state index contributed by atoms with van der Waals surface area (Å²) in [4.78, 5) is 22.8. The molecule has 0 N–H and O–H groups in total. The van der Waals surface area contributed by atoms with Crippen LogP contribution in [0, 0.1) is 10.1 Å². The monoisotopic (exact) mass is 214 g/mol. The largest absolute Gasteiger partial charge is 0.464 e. The van der Waals surface area contributed by atoms with Crippen molar-refractivity contribution < 1.29 is 14.5 Å². The summed E-state index contributed by atoms with van der Waals surface area (Å²) in [7, 11) is 1.22. The molecule has 1 aliphatic rings. The Morgan fingerprint density at radius 3 is 2.47 bits per heavy atom. The smallest absolute Gasteiger partial charge is 0.360 e. The molecular formula is C9H14N2O4. The van der Waals surface area contributed by atoms with Crippen molar-refractivity contribution in [2.24, 2.45) is 0 Å². The van der Waals surface area contributed by atoms with Gasteiger partial charge in [0.15, 0.2) is 5.70 Å². The lowest BCUT2D eigenvalue weighted by Gasteiger charge is -2.27. The van der Waals surface area contributed by atoms with E-state index in [-0.39, 0.29) is 5.70 Å². The van der Waals surface area contributed by atoms with Crippen molar-refractivity contribution in [1.82, 2.24) is 4.90 Å². The molecule has 1 aliphatic heterocycles. The van der Waals surface area contributed by atoms with Gasteiger partial charge in [-0.1, -0.05) is 0 Å². The summed E-state index contributed by atoms with van der Waals surface area (Å²) in [5.74, 6) is -0.645. The molecule has 0 aromatic carbocycles. The van der Waals surface area contributed by atoms with E-state index < -0.39 is 10.9 Å². The van der Waals surface area contributed by atoms with Gasteiger partial charge in [0.2, 0.25) is 0 Å². The second-order valence-corrected chi connectivity index (χ2v) is 3.34. The quantitative estimate of drug-likeness (QED) is 0.300. The number of methoxy groups -OCH3 is 1. The van der Waals surface area contributed by atoms with Gasteiger partial charge in [0.1, 0.15) is 0 Å². The number of hydrogen-bond acceptors (Lipinski definition) is 5. The Bertz CT molecular complexity index is 282. The van der Waals surface area contributed by atoms with Gasteiger partial charge in [-0.3, -0.25) is 10.1 Å². The molecule has 0 aliphatic carbocycles. The number of carbonyl (C=O) groups is 1. The average Bonchev–Trinajstić information content (AvgIpc) is 2.26. The van der Waals surface area contributed by atoms with Gasteiger partial charge in [0.05, 0.1) is 12.0 Å². The van der Waals surface area contributed by atoms with Crippen molar-refractivity contribution in [3.8, 4) is 0 Å². The molecule has 0 radical (unpaired) electrons. The summed E-state index contributed by atoms with van der Waals surface area (Å²) in [5, 5.41) is 10.4. The predicted molar refractivity (Wildman–Crippen MR) is 52.5 cm³/mol. The SMILES string of the molecule is COC(=O)C(=C[N+](=O)[O-])N1CCCCC1. The highest BCUT2D eigenvalue weighted by molar-refractivity contribution is 5.87. The fourth-order valence-electron chi connectivity index (χ4n) is 1.60. The van der Waals surface area contributed by atoms with Crippen molar-refractivity contribution in [2.45, 2.75) is 19.3 Å². The number of nitrogens with zero attached hydrogens (tertiary/aromatic N) is 2. The number of ether oxygens (including phenoxy) is 1. The van der Waals surface area contributed by atoms with Gasteiger partial charge in [-0.25, -0.2) is 4.79 Å². The predicted octanol–water partition coefficient (Wildman–Crippen LogP) is 0.763. The first-order chi connectivity index (χ1) is 7.15. The van der Waals surface area contributed by atoms with Crippen LogP contribution in [0.25, 0.3) is 0 Å². The van der Waals surface area contributed by atoms with Crippen molar-refractivity contribution >= 4 is 5.97 Å². The van der Waals surface area contributed by atoms with Gasteiger partial charge in [0.25, 0.3) is 6.20 Å². The molecule has 0 aromatic rings. The molecule has 84 valence electrons. The summed E-state index contributed by atoms with van der Waals surface area (Å²) in [6, 6.07) is 0. The Balaban J connectivity index is 2.79. The first-order valence-corrected chi connectivity index (χ1v) is 4.83. The van der Waals surface area contributed by atoms with Crippen LogP contribution in [0.15, 0.2) is 11.9 Å². The molecule has 1 saturated heterocycles. The number of rotatable bonds is 3. The zero-order valence-corrected chi connectivity index (χ0v) is 8.64. The van der Waals surface area contributed by atoms with E-state index in [1.165, 1.54) is 7.11 Å². The van der Waals surface area contributed by atoms with E-state index in [1.54, 1.807) is 4.90 Å². The number of piperidine rings is 1. The first kappa shape index (κ1) is 11.5. The fraction of sp³-hybridized carbons (Fsp3) is 0.667. The van der Waals surface area contributed by atoms with Gasteiger partial charge >= 0.3 is 5.97 Å². The maximum absolute atomic E-state index is 11.3. The highest BCUT2D eigenvalue weighted by Crippen LogP contribution is 2.15. The maximum Gasteiger partial charge on any atom is 0.360 e. The standard InChI is InChI=1S/C9H14N2O4/c1-15-9(12)8(7-11(13)14)10-5-3-2-4-6-10/h7H,2-6H2,1H3. The molecule has 0 spiro atoms. The normalized spacial score (nSPS) is 17.4. The zero-order chi connectivity index (χ0) is 11.3. The lowest BCUT2D eigenvalue weighted by molar-refractivity contribution is -0.404. The Morgan fingerprint density at radius 1 is 1.40 bits per heavy atom. The Morgan fingerprint density at radius 2 is 2.00 bits per heavy atom. The van der Waals surface area contributed by atoms with E-state index in [0.29, 0.717) is 13.1 Å². The third-order valence-corrected chi connectivity index (χ3v) is 2.32. The number of esters is 1. The third kappa shape index (κ3) is 3.23. The summed E-state index contributed by atoms with van der Waals surface area (Å²) in [6.45, 7) is 1.35. The summed E-state index contributed by atoms with van der Waals surface area (Å²) in [5.41, 5.74) is 0.0437. The van der Waals surface area contributed by atoms with Crippen LogP contribution in [-0.2, 0) is 9.53 Å². The zero-order valence-electron chi connectivity index (χ0n) is 8.64. The highest BCUT2D eigenvalue weighted by Gasteiger charge is 2.23. The van der Waals surface area contributed by atoms with E-state index in [0.717, 1.165) is 25.5 Å². The lowest BCUT2D eigenvalue weighted by Crippen LogP contribution is -2.33. The number of carbonyl (C=O) groups excluding carboxylic acids is 1.